The molecular weight excluding hydrogens is 300 g/mol. The monoisotopic (exact) mass is 324 g/mol. The summed E-state index contributed by atoms with van der Waals surface area (Å²) in [6.07, 6.45) is 3.20. The Morgan fingerprint density at radius 3 is 2.82 bits per heavy atom. The van der Waals surface area contributed by atoms with Gasteiger partial charge in [0.25, 0.3) is 5.91 Å². The number of nitrogens with one attached hydrogen (secondary N) is 1. The zero-order valence-electron chi connectivity index (χ0n) is 13.4. The van der Waals surface area contributed by atoms with Gasteiger partial charge in [0, 0.05) is 19.1 Å². The molecule has 1 aliphatic rings. The van der Waals surface area contributed by atoms with Crippen molar-refractivity contribution in [3.8, 4) is 5.75 Å². The Morgan fingerprint density at radius 1 is 1.41 bits per heavy atom. The van der Waals surface area contributed by atoms with Gasteiger partial charge in [-0.2, -0.15) is 0 Å². The number of hydrogen-bond acceptors (Lipinski definition) is 3. The van der Waals surface area contributed by atoms with Crippen molar-refractivity contribution in [2.24, 2.45) is 0 Å². The van der Waals surface area contributed by atoms with E-state index in [4.69, 9.17) is 16.3 Å². The predicted octanol–water partition coefficient (Wildman–Crippen LogP) is 3.02. The van der Waals surface area contributed by atoms with Crippen molar-refractivity contribution < 1.29 is 9.53 Å². The van der Waals surface area contributed by atoms with E-state index in [1.165, 1.54) is 6.42 Å². The average Bonchev–Trinajstić information content (AvgIpc) is 2.50. The van der Waals surface area contributed by atoms with Gasteiger partial charge in [-0.3, -0.25) is 4.79 Å². The molecule has 0 radical (unpaired) electrons. The van der Waals surface area contributed by atoms with Gasteiger partial charge in [-0.25, -0.2) is 0 Å². The minimum Gasteiger partial charge on any atom is -0.482 e. The largest absolute Gasteiger partial charge is 0.482 e. The second-order valence-electron chi connectivity index (χ2n) is 5.91. The maximum absolute atomic E-state index is 12.0. The zero-order chi connectivity index (χ0) is 15.9. The highest BCUT2D eigenvalue weighted by Gasteiger charge is 2.20. The summed E-state index contributed by atoms with van der Waals surface area (Å²) in [5.41, 5.74) is 1.06. The van der Waals surface area contributed by atoms with Crippen LogP contribution in [0.3, 0.4) is 0 Å². The van der Waals surface area contributed by atoms with Crippen molar-refractivity contribution >= 4 is 17.5 Å². The number of nitrogens with zero attached hydrogens (tertiary/aromatic N) is 1. The lowest BCUT2D eigenvalue weighted by atomic mass is 10.0. The van der Waals surface area contributed by atoms with E-state index in [-0.39, 0.29) is 18.6 Å². The maximum Gasteiger partial charge on any atom is 0.258 e. The van der Waals surface area contributed by atoms with Gasteiger partial charge in [-0.1, -0.05) is 24.6 Å². The first-order chi connectivity index (χ1) is 10.6. The summed E-state index contributed by atoms with van der Waals surface area (Å²) >= 11 is 6.06. The molecule has 1 aromatic rings. The minimum atomic E-state index is -0.0773. The lowest BCUT2D eigenvalue weighted by Gasteiger charge is -2.32. The first-order valence-corrected chi connectivity index (χ1v) is 8.37. The third-order valence-electron chi connectivity index (χ3n) is 3.94. The van der Waals surface area contributed by atoms with E-state index < -0.39 is 0 Å². The van der Waals surface area contributed by atoms with Gasteiger partial charge in [-0.05, 0) is 50.4 Å². The molecule has 0 unspecified atom stereocenters. The third kappa shape index (κ3) is 5.18. The molecule has 1 aromatic carbocycles. The van der Waals surface area contributed by atoms with Gasteiger partial charge in [0.2, 0.25) is 0 Å². The van der Waals surface area contributed by atoms with E-state index >= 15 is 0 Å². The molecular formula is C17H25ClN2O2. The van der Waals surface area contributed by atoms with Crippen LogP contribution in [0.4, 0.5) is 0 Å². The SMILES string of the molecule is CCCN1CCC(NC(=O)COc2cc(C)ccc2Cl)CC1. The first-order valence-electron chi connectivity index (χ1n) is 7.99. The standard InChI is InChI=1S/C17H25ClN2O2/c1-3-8-20-9-6-14(7-10-20)19-17(21)12-22-16-11-13(2)4-5-15(16)18/h4-5,11,14H,3,6-10,12H2,1-2H3,(H,19,21). The fourth-order valence-electron chi connectivity index (χ4n) is 2.75. The second kappa shape index (κ2) is 8.39. The molecule has 0 saturated carbocycles. The smallest absolute Gasteiger partial charge is 0.258 e. The molecule has 0 spiro atoms. The molecule has 1 amide bonds. The van der Waals surface area contributed by atoms with E-state index in [1.807, 2.05) is 19.1 Å². The Bertz CT molecular complexity index is 499. The summed E-state index contributed by atoms with van der Waals surface area (Å²) in [5.74, 6) is 0.487. The van der Waals surface area contributed by atoms with Crippen LogP contribution in [0.15, 0.2) is 18.2 Å². The van der Waals surface area contributed by atoms with Gasteiger partial charge < -0.3 is 15.0 Å². The number of amides is 1. The Hall–Kier alpha value is -1.26. The van der Waals surface area contributed by atoms with Gasteiger partial charge in [0.1, 0.15) is 5.75 Å². The van der Waals surface area contributed by atoms with Crippen LogP contribution in [0.2, 0.25) is 5.02 Å². The van der Waals surface area contributed by atoms with Crippen LogP contribution in [0.1, 0.15) is 31.7 Å². The van der Waals surface area contributed by atoms with E-state index in [2.05, 4.69) is 17.1 Å². The molecule has 1 N–H and O–H groups in total. The van der Waals surface area contributed by atoms with E-state index in [1.54, 1.807) is 6.07 Å². The topological polar surface area (TPSA) is 41.6 Å². The number of carbonyl (C=O) groups excluding carboxylic acids is 1. The van der Waals surface area contributed by atoms with Crippen LogP contribution < -0.4 is 10.1 Å². The highest BCUT2D eigenvalue weighted by Crippen LogP contribution is 2.25. The molecule has 0 aromatic heterocycles. The Labute approximate surface area is 137 Å². The quantitative estimate of drug-likeness (QED) is 0.874. The Morgan fingerprint density at radius 2 is 2.14 bits per heavy atom. The fourth-order valence-corrected chi connectivity index (χ4v) is 2.92. The second-order valence-corrected chi connectivity index (χ2v) is 6.31. The maximum atomic E-state index is 12.0. The van der Waals surface area contributed by atoms with Crippen LogP contribution >= 0.6 is 11.6 Å². The van der Waals surface area contributed by atoms with E-state index in [0.29, 0.717) is 10.8 Å². The number of halogens is 1. The molecule has 2 rings (SSSR count). The number of carbonyl (C=O) groups is 1. The summed E-state index contributed by atoms with van der Waals surface area (Å²) in [5, 5.41) is 3.59. The average molecular weight is 325 g/mol. The number of benzene rings is 1. The number of likely N-dealkylation sites (tertiary alicyclic amines) is 1. The van der Waals surface area contributed by atoms with Crippen molar-refractivity contribution in [1.82, 2.24) is 10.2 Å². The number of aryl methyl sites for hydroxylation is 1. The molecule has 1 heterocycles. The number of hydrogen-bond donors (Lipinski definition) is 1. The summed E-state index contributed by atoms with van der Waals surface area (Å²) in [6, 6.07) is 5.81. The third-order valence-corrected chi connectivity index (χ3v) is 4.25. The summed E-state index contributed by atoms with van der Waals surface area (Å²) in [4.78, 5) is 14.4. The Balaban J connectivity index is 1.73. The molecule has 1 aliphatic heterocycles. The molecule has 0 bridgehead atoms. The molecule has 1 fully saturated rings. The van der Waals surface area contributed by atoms with Crippen molar-refractivity contribution in [2.45, 2.75) is 39.2 Å². The van der Waals surface area contributed by atoms with Crippen LogP contribution in [0.25, 0.3) is 0 Å². The van der Waals surface area contributed by atoms with Crippen molar-refractivity contribution in [3.05, 3.63) is 28.8 Å². The molecule has 5 heteroatoms. The molecule has 0 atom stereocenters. The van der Waals surface area contributed by atoms with Gasteiger partial charge in [-0.15, -0.1) is 0 Å². The summed E-state index contributed by atoms with van der Waals surface area (Å²) in [6.45, 7) is 7.44. The zero-order valence-corrected chi connectivity index (χ0v) is 14.2. The van der Waals surface area contributed by atoms with E-state index in [9.17, 15) is 4.79 Å². The lowest BCUT2D eigenvalue weighted by molar-refractivity contribution is -0.124. The summed E-state index contributed by atoms with van der Waals surface area (Å²) in [7, 11) is 0. The molecule has 4 nitrogen and oxygen atoms in total. The van der Waals surface area contributed by atoms with Crippen LogP contribution in [0, 0.1) is 6.92 Å². The number of rotatable bonds is 6. The van der Waals surface area contributed by atoms with Crippen LogP contribution in [-0.4, -0.2) is 43.1 Å². The normalized spacial score (nSPS) is 16.5. The Kier molecular flexibility index (Phi) is 6.52. The van der Waals surface area contributed by atoms with Crippen LogP contribution in [0.5, 0.6) is 5.75 Å². The lowest BCUT2D eigenvalue weighted by Crippen LogP contribution is -2.46. The van der Waals surface area contributed by atoms with Crippen molar-refractivity contribution in [1.29, 1.82) is 0 Å². The molecule has 0 aliphatic carbocycles. The van der Waals surface area contributed by atoms with E-state index in [0.717, 1.165) is 38.0 Å². The van der Waals surface area contributed by atoms with Gasteiger partial charge >= 0.3 is 0 Å². The van der Waals surface area contributed by atoms with Gasteiger partial charge in [0.05, 0.1) is 5.02 Å². The van der Waals surface area contributed by atoms with Crippen molar-refractivity contribution in [3.63, 3.8) is 0 Å². The highest BCUT2D eigenvalue weighted by molar-refractivity contribution is 6.32. The van der Waals surface area contributed by atoms with Gasteiger partial charge in [0.15, 0.2) is 6.61 Å². The van der Waals surface area contributed by atoms with Crippen molar-refractivity contribution in [2.75, 3.05) is 26.2 Å². The highest BCUT2D eigenvalue weighted by atomic mass is 35.5. The molecule has 22 heavy (non-hydrogen) atoms. The molecule has 1 saturated heterocycles. The predicted molar refractivity (Wildman–Crippen MR) is 89.6 cm³/mol. The number of piperidine rings is 1. The molecule has 122 valence electrons. The number of ether oxygens (including phenoxy) is 1. The fraction of sp³-hybridized carbons (Fsp3) is 0.588. The van der Waals surface area contributed by atoms with Crippen LogP contribution in [-0.2, 0) is 4.79 Å². The minimum absolute atomic E-state index is 0.0122. The summed E-state index contributed by atoms with van der Waals surface area (Å²) < 4.78 is 5.53. The first kappa shape index (κ1) is 17.1.